The fourth-order valence-corrected chi connectivity index (χ4v) is 1.77. The summed E-state index contributed by atoms with van der Waals surface area (Å²) in [6.45, 7) is 5.18. The average molecular weight is 215 g/mol. The summed E-state index contributed by atoms with van der Waals surface area (Å²) in [4.78, 5) is 15.5. The van der Waals surface area contributed by atoms with E-state index in [0.29, 0.717) is 5.56 Å². The fourth-order valence-electron chi connectivity index (χ4n) is 1.77. The molecule has 0 saturated heterocycles. The predicted molar refractivity (Wildman–Crippen MR) is 62.9 cm³/mol. The van der Waals surface area contributed by atoms with Gasteiger partial charge in [-0.05, 0) is 26.0 Å². The van der Waals surface area contributed by atoms with E-state index in [1.54, 1.807) is 6.92 Å². The van der Waals surface area contributed by atoms with Gasteiger partial charge in [-0.3, -0.25) is 4.79 Å². The molecular formula is C13H13NO2. The third kappa shape index (κ3) is 1.54. The van der Waals surface area contributed by atoms with Crippen molar-refractivity contribution in [2.75, 3.05) is 0 Å². The van der Waals surface area contributed by atoms with Crippen LogP contribution in [0.1, 0.15) is 28.5 Å². The van der Waals surface area contributed by atoms with E-state index >= 15 is 0 Å². The van der Waals surface area contributed by atoms with Crippen molar-refractivity contribution in [1.29, 1.82) is 0 Å². The number of nitrogens with zero attached hydrogens (tertiary/aromatic N) is 1. The summed E-state index contributed by atoms with van der Waals surface area (Å²) in [6, 6.07) is 5.76. The van der Waals surface area contributed by atoms with Crippen LogP contribution in [0.3, 0.4) is 0 Å². The molecule has 2 rings (SSSR count). The molecule has 0 atom stereocenters. The number of benzene rings is 1. The average Bonchev–Trinajstić information content (AvgIpc) is 2.23. The van der Waals surface area contributed by atoms with Crippen LogP contribution in [0, 0.1) is 13.8 Å². The molecule has 3 nitrogen and oxygen atoms in total. The quantitative estimate of drug-likeness (QED) is 0.744. The molecule has 3 heteroatoms. The molecule has 0 radical (unpaired) electrons. The molecule has 0 aliphatic rings. The molecule has 0 unspecified atom stereocenters. The van der Waals surface area contributed by atoms with E-state index < -0.39 is 0 Å². The SMILES string of the molecule is CC(=O)c1nc2ccc(C)cc2c(C)c1O. The van der Waals surface area contributed by atoms with Crippen LogP contribution in [0.5, 0.6) is 5.75 Å². The Balaban J connectivity index is 2.88. The predicted octanol–water partition coefficient (Wildman–Crippen LogP) is 2.76. The largest absolute Gasteiger partial charge is 0.505 e. The lowest BCUT2D eigenvalue weighted by atomic mass is 10.0. The van der Waals surface area contributed by atoms with Crippen molar-refractivity contribution in [3.63, 3.8) is 0 Å². The number of fused-ring (bicyclic) bond motifs is 1. The second-order valence-corrected chi connectivity index (χ2v) is 4.01. The van der Waals surface area contributed by atoms with Crippen LogP contribution in [-0.2, 0) is 0 Å². The number of aromatic nitrogens is 1. The van der Waals surface area contributed by atoms with Gasteiger partial charge < -0.3 is 5.11 Å². The lowest BCUT2D eigenvalue weighted by molar-refractivity contribution is 0.101. The van der Waals surface area contributed by atoms with Crippen LogP contribution >= 0.6 is 0 Å². The second-order valence-electron chi connectivity index (χ2n) is 4.01. The molecule has 0 fully saturated rings. The lowest BCUT2D eigenvalue weighted by Gasteiger charge is -2.08. The molecule has 1 aromatic carbocycles. The normalized spacial score (nSPS) is 10.7. The minimum atomic E-state index is -0.219. The summed E-state index contributed by atoms with van der Waals surface area (Å²) in [5, 5.41) is 10.8. The zero-order valence-corrected chi connectivity index (χ0v) is 9.53. The van der Waals surface area contributed by atoms with Gasteiger partial charge in [0.15, 0.2) is 5.78 Å². The molecular weight excluding hydrogens is 202 g/mol. The Hall–Kier alpha value is -1.90. The first kappa shape index (κ1) is 10.6. The van der Waals surface area contributed by atoms with Crippen molar-refractivity contribution in [1.82, 2.24) is 4.98 Å². The molecule has 16 heavy (non-hydrogen) atoms. The van der Waals surface area contributed by atoms with E-state index in [0.717, 1.165) is 16.5 Å². The first-order valence-corrected chi connectivity index (χ1v) is 5.11. The van der Waals surface area contributed by atoms with Crippen molar-refractivity contribution in [2.24, 2.45) is 0 Å². The summed E-state index contributed by atoms with van der Waals surface area (Å²) in [7, 11) is 0. The highest BCUT2D eigenvalue weighted by atomic mass is 16.3. The van der Waals surface area contributed by atoms with Gasteiger partial charge in [0.05, 0.1) is 5.52 Å². The number of ketones is 1. The Morgan fingerprint density at radius 2 is 2.00 bits per heavy atom. The second kappa shape index (κ2) is 3.59. The molecule has 0 aliphatic heterocycles. The summed E-state index contributed by atoms with van der Waals surface area (Å²) in [5.41, 5.74) is 2.70. The first-order valence-electron chi connectivity index (χ1n) is 5.11. The molecule has 0 bridgehead atoms. The summed E-state index contributed by atoms with van der Waals surface area (Å²) < 4.78 is 0. The molecule has 2 aromatic rings. The number of aryl methyl sites for hydroxylation is 2. The molecule has 0 amide bonds. The smallest absolute Gasteiger partial charge is 0.181 e. The van der Waals surface area contributed by atoms with Gasteiger partial charge in [0.2, 0.25) is 0 Å². The Morgan fingerprint density at radius 3 is 2.62 bits per heavy atom. The van der Waals surface area contributed by atoms with E-state index in [4.69, 9.17) is 0 Å². The summed E-state index contributed by atoms with van der Waals surface area (Å²) in [5.74, 6) is -0.228. The van der Waals surface area contributed by atoms with Crippen molar-refractivity contribution in [3.05, 3.63) is 35.0 Å². The Morgan fingerprint density at radius 1 is 1.31 bits per heavy atom. The van der Waals surface area contributed by atoms with Gasteiger partial charge in [-0.25, -0.2) is 4.98 Å². The van der Waals surface area contributed by atoms with Crippen molar-refractivity contribution >= 4 is 16.7 Å². The van der Waals surface area contributed by atoms with Crippen molar-refractivity contribution in [2.45, 2.75) is 20.8 Å². The number of aromatic hydroxyl groups is 1. The standard InChI is InChI=1S/C13H13NO2/c1-7-4-5-11-10(6-7)8(2)13(16)12(14-11)9(3)15/h4-6,16H,1-3H3. The molecule has 82 valence electrons. The van der Waals surface area contributed by atoms with Crippen molar-refractivity contribution in [3.8, 4) is 5.75 Å². The monoisotopic (exact) mass is 215 g/mol. The van der Waals surface area contributed by atoms with Gasteiger partial charge in [-0.15, -0.1) is 0 Å². The van der Waals surface area contributed by atoms with Crippen LogP contribution in [0.2, 0.25) is 0 Å². The Bertz CT molecular complexity index is 588. The van der Waals surface area contributed by atoms with Gasteiger partial charge in [-0.2, -0.15) is 0 Å². The number of Topliss-reactive ketones (excluding diaryl/α,β-unsaturated/α-hetero) is 1. The highest BCUT2D eigenvalue weighted by molar-refractivity contribution is 5.99. The minimum Gasteiger partial charge on any atom is -0.505 e. The van der Waals surface area contributed by atoms with E-state index in [2.05, 4.69) is 4.98 Å². The molecule has 1 heterocycles. The maximum Gasteiger partial charge on any atom is 0.181 e. The summed E-state index contributed by atoms with van der Waals surface area (Å²) >= 11 is 0. The molecule has 0 spiro atoms. The maximum atomic E-state index is 11.3. The highest BCUT2D eigenvalue weighted by Gasteiger charge is 2.14. The van der Waals surface area contributed by atoms with Gasteiger partial charge in [0.25, 0.3) is 0 Å². The Kier molecular flexibility index (Phi) is 2.38. The molecule has 1 aromatic heterocycles. The van der Waals surface area contributed by atoms with E-state index in [-0.39, 0.29) is 17.2 Å². The first-order chi connectivity index (χ1) is 7.50. The number of hydrogen-bond acceptors (Lipinski definition) is 3. The number of hydrogen-bond donors (Lipinski definition) is 1. The van der Waals surface area contributed by atoms with Crippen LogP contribution in [0.15, 0.2) is 18.2 Å². The maximum absolute atomic E-state index is 11.3. The third-order valence-corrected chi connectivity index (χ3v) is 2.70. The van der Waals surface area contributed by atoms with Gasteiger partial charge in [0, 0.05) is 17.9 Å². The number of pyridine rings is 1. The van der Waals surface area contributed by atoms with Gasteiger partial charge in [0.1, 0.15) is 11.4 Å². The fraction of sp³-hybridized carbons (Fsp3) is 0.231. The lowest BCUT2D eigenvalue weighted by Crippen LogP contribution is -2.00. The van der Waals surface area contributed by atoms with Crippen molar-refractivity contribution < 1.29 is 9.90 Å². The molecule has 0 saturated carbocycles. The van der Waals surface area contributed by atoms with E-state index in [1.165, 1.54) is 6.92 Å². The summed E-state index contributed by atoms with van der Waals surface area (Å²) in [6.07, 6.45) is 0. The van der Waals surface area contributed by atoms with Crippen LogP contribution in [0.25, 0.3) is 10.9 Å². The number of carbonyl (C=O) groups excluding carboxylic acids is 1. The van der Waals surface area contributed by atoms with Crippen LogP contribution in [0.4, 0.5) is 0 Å². The van der Waals surface area contributed by atoms with Gasteiger partial charge in [-0.1, -0.05) is 11.6 Å². The zero-order valence-electron chi connectivity index (χ0n) is 9.53. The topological polar surface area (TPSA) is 50.2 Å². The zero-order chi connectivity index (χ0) is 11.9. The van der Waals surface area contributed by atoms with E-state index in [1.807, 2.05) is 25.1 Å². The highest BCUT2D eigenvalue weighted by Crippen LogP contribution is 2.28. The number of carbonyl (C=O) groups is 1. The van der Waals surface area contributed by atoms with Crippen LogP contribution < -0.4 is 0 Å². The molecule has 0 aliphatic carbocycles. The minimum absolute atomic E-state index is 0.00870. The Labute approximate surface area is 93.7 Å². The van der Waals surface area contributed by atoms with E-state index in [9.17, 15) is 9.90 Å². The third-order valence-electron chi connectivity index (χ3n) is 2.70. The number of rotatable bonds is 1. The van der Waals surface area contributed by atoms with Crippen LogP contribution in [-0.4, -0.2) is 15.9 Å². The molecule has 1 N–H and O–H groups in total. The van der Waals surface area contributed by atoms with Gasteiger partial charge >= 0.3 is 0 Å².